The maximum absolute atomic E-state index is 7.97. The number of aromatic nitrogens is 5. The van der Waals surface area contributed by atoms with Crippen LogP contribution in [0.1, 0.15) is 9.68 Å². The minimum absolute atomic E-state index is 0.438. The molecule has 0 aliphatic carbocycles. The number of hydrogen-bond donors (Lipinski definition) is 0. The van der Waals surface area contributed by atoms with Crippen molar-refractivity contribution in [1.29, 1.82) is 0 Å². The molecular weight excluding hydrogens is 250 g/mol. The summed E-state index contributed by atoms with van der Waals surface area (Å²) in [6.07, 6.45) is 1.68. The third-order valence-corrected chi connectivity index (χ3v) is 3.87. The van der Waals surface area contributed by atoms with Crippen LogP contribution in [0.25, 0.3) is 28.3 Å². The smallest absolute Gasteiger partial charge is 0.240 e. The Bertz CT molecular complexity index is 1090. The quantitative estimate of drug-likeness (QED) is 0.398. The average Bonchev–Trinajstić information content (AvgIpc) is 3.12. The normalized spacial score (nSPS) is 15.9. The van der Waals surface area contributed by atoms with Gasteiger partial charge in [-0.1, -0.05) is 18.2 Å². The fraction of sp³-hybridized carbons (Fsp3) is 0.133. The minimum Gasteiger partial charge on any atom is -0.240 e. The second-order valence-corrected chi connectivity index (χ2v) is 4.95. The number of nitrogens with zero attached hydrogens (tertiary/aromatic N) is 5. The van der Waals surface area contributed by atoms with Gasteiger partial charge in [-0.2, -0.15) is 4.98 Å². The van der Waals surface area contributed by atoms with E-state index < -0.39 is 6.98 Å². The van der Waals surface area contributed by atoms with Crippen LogP contribution in [0.4, 0.5) is 0 Å². The molecule has 0 spiro atoms. The Morgan fingerprint density at radius 2 is 2.20 bits per heavy atom. The lowest BCUT2D eigenvalue weighted by Gasteiger charge is -1.95. The number of fused-ring (bicyclic) bond motifs is 7. The Morgan fingerprint density at radius 3 is 3.15 bits per heavy atom. The molecule has 0 bridgehead atoms. The van der Waals surface area contributed by atoms with Gasteiger partial charge < -0.3 is 0 Å². The second kappa shape index (κ2) is 3.25. The first kappa shape index (κ1) is 7.79. The maximum atomic E-state index is 7.97. The SMILES string of the molecule is [2H]C([2H])([2H])n1c2[n+](c3c1nc1cccnn13)Cc1ccccc1-2. The molecule has 0 saturated carbocycles. The largest absolute Gasteiger partial charge is 0.315 e. The van der Waals surface area contributed by atoms with Crippen LogP contribution >= 0.6 is 0 Å². The van der Waals surface area contributed by atoms with Crippen molar-refractivity contribution < 1.29 is 8.68 Å². The van der Waals surface area contributed by atoms with E-state index in [1.165, 1.54) is 4.57 Å². The van der Waals surface area contributed by atoms with Crippen LogP contribution in [-0.2, 0) is 13.5 Å². The molecule has 0 N–H and O–H groups in total. The van der Waals surface area contributed by atoms with E-state index in [0.29, 0.717) is 29.3 Å². The molecular formula is C15H12N5+. The van der Waals surface area contributed by atoms with Crippen LogP contribution in [0.15, 0.2) is 42.6 Å². The highest BCUT2D eigenvalue weighted by Gasteiger charge is 2.33. The standard InChI is InChI=1S/C15H12N5/c1-18-13-15(20-12(17-13)7-4-8-16-20)19-9-10-5-2-3-6-11(10)14(18)19/h2-8H,9H2,1H3/q+1/i1D3. The number of imidazole rings is 2. The van der Waals surface area contributed by atoms with Gasteiger partial charge in [0.15, 0.2) is 0 Å². The molecule has 4 heterocycles. The fourth-order valence-electron chi connectivity index (χ4n) is 3.03. The van der Waals surface area contributed by atoms with Crippen molar-refractivity contribution in [3.05, 3.63) is 48.2 Å². The molecule has 4 aromatic rings. The molecule has 5 nitrogen and oxygen atoms in total. The lowest BCUT2D eigenvalue weighted by Crippen LogP contribution is -2.32. The zero-order chi connectivity index (χ0) is 15.8. The monoisotopic (exact) mass is 265 g/mol. The van der Waals surface area contributed by atoms with Crippen LogP contribution in [0.2, 0.25) is 0 Å². The molecule has 5 rings (SSSR count). The predicted octanol–water partition coefficient (Wildman–Crippen LogP) is 1.54. The van der Waals surface area contributed by atoms with E-state index in [1.54, 1.807) is 16.8 Å². The predicted molar refractivity (Wildman–Crippen MR) is 74.2 cm³/mol. The molecule has 20 heavy (non-hydrogen) atoms. The highest BCUT2D eigenvalue weighted by Crippen LogP contribution is 2.30. The molecule has 0 radical (unpaired) electrons. The van der Waals surface area contributed by atoms with E-state index in [-0.39, 0.29) is 0 Å². The van der Waals surface area contributed by atoms with Crippen LogP contribution in [-0.4, -0.2) is 19.2 Å². The van der Waals surface area contributed by atoms with Gasteiger partial charge in [-0.25, -0.2) is 9.13 Å². The van der Waals surface area contributed by atoms with Crippen LogP contribution in [0.3, 0.4) is 0 Å². The van der Waals surface area contributed by atoms with Gasteiger partial charge in [0.1, 0.15) is 0 Å². The summed E-state index contributed by atoms with van der Waals surface area (Å²) in [5.74, 6) is 0.665. The number of hydrogen-bond acceptors (Lipinski definition) is 2. The highest BCUT2D eigenvalue weighted by atomic mass is 15.4. The van der Waals surface area contributed by atoms with Crippen molar-refractivity contribution in [2.24, 2.45) is 6.98 Å². The first-order valence-corrected chi connectivity index (χ1v) is 6.42. The third-order valence-electron chi connectivity index (χ3n) is 3.87. The summed E-state index contributed by atoms with van der Waals surface area (Å²) in [6, 6.07) is 11.5. The lowest BCUT2D eigenvalue weighted by atomic mass is 10.1. The van der Waals surface area contributed by atoms with Crippen molar-refractivity contribution in [2.75, 3.05) is 0 Å². The van der Waals surface area contributed by atoms with Gasteiger partial charge in [-0.3, -0.25) is 0 Å². The molecule has 0 amide bonds. The van der Waals surface area contributed by atoms with Crippen LogP contribution in [0, 0.1) is 0 Å². The van der Waals surface area contributed by atoms with E-state index in [1.807, 2.05) is 34.9 Å². The number of rotatable bonds is 0. The Hall–Kier alpha value is -2.69. The Balaban J connectivity index is 2.01. The summed E-state index contributed by atoms with van der Waals surface area (Å²) in [4.78, 5) is 4.50. The van der Waals surface area contributed by atoms with Gasteiger partial charge >= 0.3 is 5.65 Å². The van der Waals surface area contributed by atoms with Crippen molar-refractivity contribution in [3.8, 4) is 11.4 Å². The molecule has 3 aromatic heterocycles. The molecule has 0 unspecified atom stereocenters. The van der Waals surface area contributed by atoms with E-state index in [9.17, 15) is 0 Å². The van der Waals surface area contributed by atoms with E-state index >= 15 is 0 Å². The third kappa shape index (κ3) is 1.02. The summed E-state index contributed by atoms with van der Waals surface area (Å²) in [7, 11) is 0. The Labute approximate surface area is 118 Å². The molecule has 1 aliphatic heterocycles. The maximum Gasteiger partial charge on any atom is 0.315 e. The highest BCUT2D eigenvalue weighted by molar-refractivity contribution is 5.76. The van der Waals surface area contributed by atoms with Gasteiger partial charge in [0, 0.05) is 11.6 Å². The van der Waals surface area contributed by atoms with Gasteiger partial charge in [-0.05, 0) is 12.1 Å². The van der Waals surface area contributed by atoms with Gasteiger partial charge in [0.05, 0.1) is 29.4 Å². The average molecular weight is 265 g/mol. The molecule has 0 fully saturated rings. The van der Waals surface area contributed by atoms with Crippen molar-refractivity contribution in [1.82, 2.24) is 19.2 Å². The summed E-state index contributed by atoms with van der Waals surface area (Å²) in [6.45, 7) is -1.69. The van der Waals surface area contributed by atoms with E-state index in [4.69, 9.17) is 4.11 Å². The molecule has 1 aromatic carbocycles. The molecule has 96 valence electrons. The Kier molecular flexibility index (Phi) is 1.27. The van der Waals surface area contributed by atoms with E-state index in [2.05, 4.69) is 10.1 Å². The van der Waals surface area contributed by atoms with Crippen molar-refractivity contribution in [2.45, 2.75) is 6.54 Å². The molecule has 0 saturated heterocycles. The van der Waals surface area contributed by atoms with Crippen molar-refractivity contribution >= 4 is 16.9 Å². The number of benzene rings is 1. The second-order valence-electron chi connectivity index (χ2n) is 4.95. The topological polar surface area (TPSA) is 39.0 Å². The van der Waals surface area contributed by atoms with Crippen molar-refractivity contribution in [3.63, 3.8) is 0 Å². The Morgan fingerprint density at radius 1 is 1.25 bits per heavy atom. The molecule has 5 heteroatoms. The zero-order valence-corrected chi connectivity index (χ0v) is 10.5. The summed E-state index contributed by atoms with van der Waals surface area (Å²) >= 11 is 0. The molecule has 1 aliphatic rings. The fourth-order valence-corrected chi connectivity index (χ4v) is 3.03. The van der Waals surface area contributed by atoms with Gasteiger partial charge in [0.25, 0.3) is 5.65 Å². The first-order chi connectivity index (χ1) is 11.1. The van der Waals surface area contributed by atoms with Gasteiger partial charge in [-0.15, -0.1) is 9.61 Å². The first-order valence-electron chi connectivity index (χ1n) is 7.92. The van der Waals surface area contributed by atoms with Gasteiger partial charge in [0.2, 0.25) is 11.5 Å². The number of aryl methyl sites for hydroxylation is 1. The zero-order valence-electron chi connectivity index (χ0n) is 13.5. The lowest BCUT2D eigenvalue weighted by molar-refractivity contribution is -0.648. The van der Waals surface area contributed by atoms with E-state index in [0.717, 1.165) is 11.1 Å². The summed E-state index contributed by atoms with van der Waals surface area (Å²) in [5.41, 5.74) is 3.83. The van der Waals surface area contributed by atoms with Crippen LogP contribution in [0.5, 0.6) is 0 Å². The minimum atomic E-state index is -2.31. The van der Waals surface area contributed by atoms with Crippen LogP contribution < -0.4 is 4.57 Å². The molecule has 0 atom stereocenters. The summed E-state index contributed by atoms with van der Waals surface area (Å²) < 4.78 is 28.9. The summed E-state index contributed by atoms with van der Waals surface area (Å²) in [5, 5.41) is 4.34.